The monoisotopic (exact) mass is 353 g/mol. The Morgan fingerprint density at radius 1 is 1.28 bits per heavy atom. The average Bonchev–Trinajstić information content (AvgIpc) is 3.03. The van der Waals surface area contributed by atoms with E-state index in [2.05, 4.69) is 11.4 Å². The number of amides is 2. The first-order chi connectivity index (χ1) is 12.1. The van der Waals surface area contributed by atoms with E-state index in [0.29, 0.717) is 29.4 Å². The SMILES string of the molecule is N#Cc1cccc(N2CC(C(=O)NCc3ccccc3Cl)CC2=O)c1. The smallest absolute Gasteiger partial charge is 0.227 e. The quantitative estimate of drug-likeness (QED) is 0.918. The van der Waals surface area contributed by atoms with Crippen molar-refractivity contribution in [2.24, 2.45) is 5.92 Å². The van der Waals surface area contributed by atoms with E-state index < -0.39 is 5.92 Å². The van der Waals surface area contributed by atoms with E-state index in [1.165, 1.54) is 0 Å². The van der Waals surface area contributed by atoms with E-state index in [1.54, 1.807) is 35.2 Å². The highest BCUT2D eigenvalue weighted by Crippen LogP contribution is 2.26. The molecule has 1 atom stereocenters. The topological polar surface area (TPSA) is 73.2 Å². The molecule has 0 spiro atoms. The summed E-state index contributed by atoms with van der Waals surface area (Å²) in [5.74, 6) is -0.707. The Morgan fingerprint density at radius 3 is 2.84 bits per heavy atom. The first kappa shape index (κ1) is 17.0. The highest BCUT2D eigenvalue weighted by atomic mass is 35.5. The molecule has 1 aliphatic heterocycles. The van der Waals surface area contributed by atoms with Crippen LogP contribution >= 0.6 is 11.6 Å². The molecular formula is C19H16ClN3O2. The normalized spacial score (nSPS) is 16.6. The number of hydrogen-bond donors (Lipinski definition) is 1. The number of halogens is 1. The molecule has 6 heteroatoms. The lowest BCUT2D eigenvalue weighted by molar-refractivity contribution is -0.126. The molecule has 1 saturated heterocycles. The van der Waals surface area contributed by atoms with Crippen LogP contribution in [0.1, 0.15) is 17.5 Å². The van der Waals surface area contributed by atoms with Gasteiger partial charge in [-0.2, -0.15) is 5.26 Å². The molecule has 126 valence electrons. The molecule has 0 bridgehead atoms. The molecule has 1 fully saturated rings. The Bertz CT molecular complexity index is 860. The summed E-state index contributed by atoms with van der Waals surface area (Å²) in [6.45, 7) is 0.634. The van der Waals surface area contributed by atoms with Crippen molar-refractivity contribution < 1.29 is 9.59 Å². The zero-order valence-electron chi connectivity index (χ0n) is 13.4. The highest BCUT2D eigenvalue weighted by Gasteiger charge is 2.35. The second-order valence-electron chi connectivity index (χ2n) is 5.88. The van der Waals surface area contributed by atoms with E-state index in [0.717, 1.165) is 5.56 Å². The molecule has 1 N–H and O–H groups in total. The van der Waals surface area contributed by atoms with Crippen LogP contribution in [0, 0.1) is 17.2 Å². The van der Waals surface area contributed by atoms with Crippen molar-refractivity contribution >= 4 is 29.1 Å². The maximum atomic E-state index is 12.4. The summed E-state index contributed by atoms with van der Waals surface area (Å²) in [6, 6.07) is 16.2. The Kier molecular flexibility index (Phi) is 5.01. The van der Waals surface area contributed by atoms with Crippen LogP contribution in [-0.2, 0) is 16.1 Å². The maximum absolute atomic E-state index is 12.4. The fourth-order valence-electron chi connectivity index (χ4n) is 2.84. The van der Waals surface area contributed by atoms with Crippen LogP contribution in [0.3, 0.4) is 0 Å². The van der Waals surface area contributed by atoms with Crippen molar-refractivity contribution in [1.82, 2.24) is 5.32 Å². The summed E-state index contributed by atoms with van der Waals surface area (Å²) in [5, 5.41) is 12.4. The second kappa shape index (κ2) is 7.37. The number of nitrogens with zero attached hydrogens (tertiary/aromatic N) is 2. The minimum atomic E-state index is -0.416. The van der Waals surface area contributed by atoms with Crippen molar-refractivity contribution in [1.29, 1.82) is 5.26 Å². The predicted octanol–water partition coefficient (Wildman–Crippen LogP) is 2.88. The first-order valence-electron chi connectivity index (χ1n) is 7.90. The Balaban J connectivity index is 1.64. The van der Waals surface area contributed by atoms with E-state index in [-0.39, 0.29) is 18.2 Å². The van der Waals surface area contributed by atoms with Gasteiger partial charge >= 0.3 is 0 Å². The van der Waals surface area contributed by atoms with E-state index in [4.69, 9.17) is 16.9 Å². The number of rotatable bonds is 4. The van der Waals surface area contributed by atoms with Crippen LogP contribution in [0.5, 0.6) is 0 Å². The molecule has 0 aliphatic carbocycles. The van der Waals surface area contributed by atoms with Crippen molar-refractivity contribution in [2.45, 2.75) is 13.0 Å². The van der Waals surface area contributed by atoms with Gasteiger partial charge in [-0.25, -0.2) is 0 Å². The van der Waals surface area contributed by atoms with Gasteiger partial charge in [0, 0.05) is 30.2 Å². The zero-order chi connectivity index (χ0) is 17.8. The third-order valence-electron chi connectivity index (χ3n) is 4.19. The maximum Gasteiger partial charge on any atom is 0.227 e. The summed E-state index contributed by atoms with van der Waals surface area (Å²) < 4.78 is 0. The number of nitriles is 1. The Hall–Kier alpha value is -2.84. The minimum absolute atomic E-state index is 0.118. The third kappa shape index (κ3) is 3.81. The van der Waals surface area contributed by atoms with Crippen LogP contribution in [0.2, 0.25) is 5.02 Å². The molecular weight excluding hydrogens is 338 g/mol. The lowest BCUT2D eigenvalue weighted by Gasteiger charge is -2.17. The fourth-order valence-corrected chi connectivity index (χ4v) is 3.05. The molecule has 2 aromatic carbocycles. The predicted molar refractivity (Wildman–Crippen MR) is 94.9 cm³/mol. The van der Waals surface area contributed by atoms with Gasteiger partial charge < -0.3 is 10.2 Å². The van der Waals surface area contributed by atoms with Gasteiger partial charge in [-0.1, -0.05) is 35.9 Å². The lowest BCUT2D eigenvalue weighted by atomic mass is 10.1. The van der Waals surface area contributed by atoms with Crippen LogP contribution in [0.15, 0.2) is 48.5 Å². The highest BCUT2D eigenvalue weighted by molar-refractivity contribution is 6.31. The van der Waals surface area contributed by atoms with Gasteiger partial charge in [0.05, 0.1) is 17.6 Å². The van der Waals surface area contributed by atoms with E-state index in [9.17, 15) is 9.59 Å². The summed E-state index contributed by atoms with van der Waals surface area (Å²) >= 11 is 6.08. The molecule has 2 amide bonds. The molecule has 2 aromatic rings. The van der Waals surface area contributed by atoms with Crippen molar-refractivity contribution in [3.63, 3.8) is 0 Å². The van der Waals surface area contributed by atoms with Gasteiger partial charge in [0.15, 0.2) is 0 Å². The van der Waals surface area contributed by atoms with Crippen LogP contribution in [0.4, 0.5) is 5.69 Å². The molecule has 1 heterocycles. The standard InChI is InChI=1S/C19H16ClN3O2/c20-17-7-2-1-5-14(17)11-22-19(25)15-9-18(24)23(12-15)16-6-3-4-13(8-16)10-21/h1-8,15H,9,11-12H2,(H,22,25). The number of hydrogen-bond acceptors (Lipinski definition) is 3. The van der Waals surface area contributed by atoms with Gasteiger partial charge in [-0.3, -0.25) is 9.59 Å². The zero-order valence-corrected chi connectivity index (χ0v) is 14.2. The van der Waals surface area contributed by atoms with Crippen molar-refractivity contribution in [3.8, 4) is 6.07 Å². The molecule has 0 saturated carbocycles. The Morgan fingerprint density at radius 2 is 2.08 bits per heavy atom. The first-order valence-corrected chi connectivity index (χ1v) is 8.28. The van der Waals surface area contributed by atoms with Gasteiger partial charge in [0.1, 0.15) is 0 Å². The molecule has 0 aromatic heterocycles. The third-order valence-corrected chi connectivity index (χ3v) is 4.56. The van der Waals surface area contributed by atoms with Gasteiger partial charge in [0.2, 0.25) is 11.8 Å². The molecule has 25 heavy (non-hydrogen) atoms. The second-order valence-corrected chi connectivity index (χ2v) is 6.28. The minimum Gasteiger partial charge on any atom is -0.352 e. The molecule has 1 aliphatic rings. The van der Waals surface area contributed by atoms with Gasteiger partial charge in [-0.15, -0.1) is 0 Å². The largest absolute Gasteiger partial charge is 0.352 e. The summed E-state index contributed by atoms with van der Waals surface area (Å²) in [5.41, 5.74) is 1.96. The number of benzene rings is 2. The number of carbonyl (C=O) groups excluding carboxylic acids is 2. The fraction of sp³-hybridized carbons (Fsp3) is 0.211. The summed E-state index contributed by atoms with van der Waals surface area (Å²) in [6.07, 6.45) is 0.158. The Labute approximate surface area is 150 Å². The lowest BCUT2D eigenvalue weighted by Crippen LogP contribution is -2.32. The summed E-state index contributed by atoms with van der Waals surface area (Å²) in [7, 11) is 0. The van der Waals surface area contributed by atoms with E-state index >= 15 is 0 Å². The van der Waals surface area contributed by atoms with Gasteiger partial charge in [0.25, 0.3) is 0 Å². The number of nitrogens with one attached hydrogen (secondary N) is 1. The van der Waals surface area contributed by atoms with Crippen molar-refractivity contribution in [3.05, 3.63) is 64.7 Å². The van der Waals surface area contributed by atoms with Crippen LogP contribution in [0.25, 0.3) is 0 Å². The summed E-state index contributed by atoms with van der Waals surface area (Å²) in [4.78, 5) is 26.2. The number of carbonyl (C=O) groups is 2. The molecule has 0 radical (unpaired) electrons. The van der Waals surface area contributed by atoms with E-state index in [1.807, 2.05) is 18.2 Å². The van der Waals surface area contributed by atoms with Crippen molar-refractivity contribution in [2.75, 3.05) is 11.4 Å². The molecule has 1 unspecified atom stereocenters. The molecule has 3 rings (SSSR count). The molecule has 5 nitrogen and oxygen atoms in total. The van der Waals surface area contributed by atoms with Crippen LogP contribution in [-0.4, -0.2) is 18.4 Å². The van der Waals surface area contributed by atoms with Gasteiger partial charge in [-0.05, 0) is 29.8 Å². The average molecular weight is 354 g/mol. The number of anilines is 1. The van der Waals surface area contributed by atoms with Crippen LogP contribution < -0.4 is 10.2 Å².